The number of rotatable bonds is 7. The van der Waals surface area contributed by atoms with Crippen molar-refractivity contribution in [2.75, 3.05) is 18.9 Å². The third-order valence-electron chi connectivity index (χ3n) is 5.93. The lowest BCUT2D eigenvalue weighted by Gasteiger charge is -2.18. The van der Waals surface area contributed by atoms with Gasteiger partial charge in [-0.25, -0.2) is 8.42 Å². The van der Waals surface area contributed by atoms with E-state index in [2.05, 4.69) is 26.8 Å². The summed E-state index contributed by atoms with van der Waals surface area (Å²) >= 11 is 0. The third kappa shape index (κ3) is 4.68. The molecule has 1 aliphatic carbocycles. The first kappa shape index (κ1) is 22.8. The number of anilines is 1. The lowest BCUT2D eigenvalue weighted by molar-refractivity contribution is 0.401. The highest BCUT2D eigenvalue weighted by atomic mass is 32.2. The lowest BCUT2D eigenvalue weighted by atomic mass is 9.86. The van der Waals surface area contributed by atoms with Crippen LogP contribution in [0.3, 0.4) is 0 Å². The van der Waals surface area contributed by atoms with Gasteiger partial charge in [-0.2, -0.15) is 5.10 Å². The molecule has 0 amide bonds. The maximum Gasteiger partial charge on any atom is 0.266 e. The second-order valence-electron chi connectivity index (χ2n) is 8.27. The quantitative estimate of drug-likeness (QED) is 0.388. The van der Waals surface area contributed by atoms with Crippen LogP contribution in [-0.4, -0.2) is 37.6 Å². The summed E-state index contributed by atoms with van der Waals surface area (Å²) in [4.78, 5) is -0.0281. The monoisotopic (exact) mass is 492 g/mol. The van der Waals surface area contributed by atoms with Crippen LogP contribution in [-0.2, 0) is 16.6 Å². The normalized spacial score (nSPS) is 13.7. The summed E-state index contributed by atoms with van der Waals surface area (Å²) in [5, 5.41) is 8.58. The van der Waals surface area contributed by atoms with Gasteiger partial charge in [0.25, 0.3) is 10.0 Å². The van der Waals surface area contributed by atoms with Crippen molar-refractivity contribution in [3.8, 4) is 23.3 Å². The van der Waals surface area contributed by atoms with E-state index in [0.29, 0.717) is 34.7 Å². The molecule has 0 spiro atoms. The molecule has 2 aromatic carbocycles. The van der Waals surface area contributed by atoms with Crippen molar-refractivity contribution in [2.45, 2.75) is 30.7 Å². The Morgan fingerprint density at radius 3 is 2.69 bits per heavy atom. The minimum absolute atomic E-state index is 0.0263. The number of nitrogens with zero attached hydrogens (tertiary/aromatic N) is 3. The van der Waals surface area contributed by atoms with Gasteiger partial charge in [-0.3, -0.25) is 9.40 Å². The van der Waals surface area contributed by atoms with Gasteiger partial charge in [-0.1, -0.05) is 23.4 Å². The fourth-order valence-electron chi connectivity index (χ4n) is 3.88. The summed E-state index contributed by atoms with van der Waals surface area (Å²) in [6.45, 7) is 0.494. The molecule has 1 saturated carbocycles. The molecule has 35 heavy (non-hydrogen) atoms. The molecule has 180 valence electrons. The van der Waals surface area contributed by atoms with E-state index in [-0.39, 0.29) is 16.5 Å². The molecule has 0 bridgehead atoms. The van der Waals surface area contributed by atoms with Crippen molar-refractivity contribution in [3.63, 3.8) is 0 Å². The minimum atomic E-state index is -4.05. The zero-order valence-electron chi connectivity index (χ0n) is 19.3. The molecule has 0 radical (unpaired) electrons. The van der Waals surface area contributed by atoms with Crippen LogP contribution in [0.2, 0.25) is 0 Å². The van der Waals surface area contributed by atoms with Crippen molar-refractivity contribution in [2.24, 2.45) is 5.92 Å². The average Bonchev–Trinajstić information content (AvgIpc) is 3.47. The molecular weight excluding hydrogens is 468 g/mol. The molecule has 10 heteroatoms. The summed E-state index contributed by atoms with van der Waals surface area (Å²) in [6.07, 6.45) is 6.96. The van der Waals surface area contributed by atoms with E-state index in [4.69, 9.17) is 14.0 Å². The molecule has 0 aliphatic heterocycles. The Hall–Kier alpha value is -3.97. The Kier molecular flexibility index (Phi) is 6.09. The molecule has 1 fully saturated rings. The van der Waals surface area contributed by atoms with Gasteiger partial charge in [-0.05, 0) is 54.8 Å². The molecule has 1 aliphatic rings. The zero-order valence-corrected chi connectivity index (χ0v) is 20.1. The summed E-state index contributed by atoms with van der Waals surface area (Å²) in [5.41, 5.74) is 1.95. The van der Waals surface area contributed by atoms with Gasteiger partial charge in [0.1, 0.15) is 21.8 Å². The van der Waals surface area contributed by atoms with Gasteiger partial charge in [-0.15, -0.1) is 0 Å². The van der Waals surface area contributed by atoms with Crippen molar-refractivity contribution in [1.82, 2.24) is 14.9 Å². The average molecular weight is 493 g/mol. The van der Waals surface area contributed by atoms with Crippen LogP contribution in [0.15, 0.2) is 58.2 Å². The highest BCUT2D eigenvalue weighted by molar-refractivity contribution is 7.92. The van der Waals surface area contributed by atoms with Crippen LogP contribution >= 0.6 is 0 Å². The van der Waals surface area contributed by atoms with Crippen molar-refractivity contribution >= 4 is 26.8 Å². The number of aromatic nitrogens is 3. The molecular formula is C25H24N4O5S. The molecule has 9 nitrogen and oxygen atoms in total. The topological polar surface area (TPSA) is 108 Å². The Labute approximate surface area is 203 Å². The summed E-state index contributed by atoms with van der Waals surface area (Å²) in [7, 11) is -1.12. The lowest BCUT2D eigenvalue weighted by Crippen LogP contribution is -2.14. The first-order valence-electron chi connectivity index (χ1n) is 11.1. The second kappa shape index (κ2) is 9.35. The van der Waals surface area contributed by atoms with E-state index in [0.717, 1.165) is 18.4 Å². The largest absolute Gasteiger partial charge is 0.496 e. The Balaban J connectivity index is 1.45. The number of hydrogen-bond donors (Lipinski definition) is 1. The number of methoxy groups -OCH3 is 2. The van der Waals surface area contributed by atoms with Gasteiger partial charge in [0, 0.05) is 23.9 Å². The van der Waals surface area contributed by atoms with E-state index in [1.54, 1.807) is 35.1 Å². The van der Waals surface area contributed by atoms with Gasteiger partial charge in [0.15, 0.2) is 11.4 Å². The van der Waals surface area contributed by atoms with Crippen LogP contribution in [0.5, 0.6) is 11.5 Å². The third-order valence-corrected chi connectivity index (χ3v) is 7.31. The number of fused-ring (bicyclic) bond motifs is 1. The Morgan fingerprint density at radius 1 is 1.17 bits per heavy atom. The first-order chi connectivity index (χ1) is 17.0. The van der Waals surface area contributed by atoms with Crippen molar-refractivity contribution in [3.05, 3.63) is 59.9 Å². The first-order valence-corrected chi connectivity index (χ1v) is 12.6. The van der Waals surface area contributed by atoms with Gasteiger partial charge >= 0.3 is 0 Å². The van der Waals surface area contributed by atoms with Crippen LogP contribution < -0.4 is 14.2 Å². The summed E-state index contributed by atoms with van der Waals surface area (Å²) in [5.74, 6) is 7.40. The fourth-order valence-corrected chi connectivity index (χ4v) is 5.04. The van der Waals surface area contributed by atoms with Gasteiger partial charge in [0.2, 0.25) is 0 Å². The second-order valence-corrected chi connectivity index (χ2v) is 9.93. The Morgan fingerprint density at radius 2 is 2.00 bits per heavy atom. The number of sulfonamides is 1. The molecule has 4 aromatic rings. The standard InChI is InChI=1S/C25H24N4O5S/c1-32-20-13-18(8-7-17-5-3-6-17)9-10-23(20)35(30,31)28-25-24-21(33-2)14-19(15-22(24)34-27-25)16-29-12-4-11-26-29/h4,9-15,17H,3,5-6,16H2,1-2H3,(H,27,28). The number of ether oxygens (including phenoxy) is 2. The van der Waals surface area contributed by atoms with Crippen LogP contribution in [0.25, 0.3) is 11.0 Å². The van der Waals surface area contributed by atoms with Gasteiger partial charge < -0.3 is 14.0 Å². The fraction of sp³-hybridized carbons (Fsp3) is 0.280. The zero-order chi connectivity index (χ0) is 24.4. The number of hydrogen-bond acceptors (Lipinski definition) is 7. The SMILES string of the molecule is COc1cc(C#CC2CCC2)ccc1S(=O)(=O)Nc1noc2cc(Cn3cccn3)cc(OC)c12. The molecule has 0 saturated heterocycles. The molecule has 0 unspecified atom stereocenters. The van der Waals surface area contributed by atoms with E-state index in [1.807, 2.05) is 12.3 Å². The van der Waals surface area contributed by atoms with E-state index >= 15 is 0 Å². The van der Waals surface area contributed by atoms with Crippen molar-refractivity contribution < 1.29 is 22.4 Å². The minimum Gasteiger partial charge on any atom is -0.496 e. The van der Waals surface area contributed by atoms with E-state index in [1.165, 1.54) is 26.7 Å². The number of nitrogens with one attached hydrogen (secondary N) is 1. The highest BCUT2D eigenvalue weighted by Gasteiger charge is 2.25. The van der Waals surface area contributed by atoms with Crippen LogP contribution in [0.4, 0.5) is 5.82 Å². The highest BCUT2D eigenvalue weighted by Crippen LogP contribution is 2.36. The predicted octanol–water partition coefficient (Wildman–Crippen LogP) is 4.04. The van der Waals surface area contributed by atoms with Gasteiger partial charge in [0.05, 0.1) is 20.8 Å². The van der Waals surface area contributed by atoms with E-state index in [9.17, 15) is 8.42 Å². The molecule has 2 heterocycles. The smallest absolute Gasteiger partial charge is 0.266 e. The summed E-state index contributed by atoms with van der Waals surface area (Å²) < 4.78 is 47.2. The van der Waals surface area contributed by atoms with Crippen LogP contribution in [0.1, 0.15) is 30.4 Å². The van der Waals surface area contributed by atoms with Crippen molar-refractivity contribution in [1.29, 1.82) is 0 Å². The maximum absolute atomic E-state index is 13.3. The predicted molar refractivity (Wildman–Crippen MR) is 130 cm³/mol. The molecule has 5 rings (SSSR count). The number of benzene rings is 2. The van der Waals surface area contributed by atoms with Crippen LogP contribution in [0, 0.1) is 17.8 Å². The Bertz CT molecular complexity index is 1530. The van der Waals surface area contributed by atoms with E-state index < -0.39 is 10.0 Å². The summed E-state index contributed by atoms with van der Waals surface area (Å²) in [6, 6.07) is 10.2. The maximum atomic E-state index is 13.3. The molecule has 1 N–H and O–H groups in total. The molecule has 0 atom stereocenters. The molecule has 2 aromatic heterocycles.